The third kappa shape index (κ3) is 3.24. The molecule has 0 radical (unpaired) electrons. The summed E-state index contributed by atoms with van der Waals surface area (Å²) < 4.78 is 5.27. The Morgan fingerprint density at radius 3 is 2.25 bits per heavy atom. The van der Waals surface area contributed by atoms with Crippen LogP contribution in [0.15, 0.2) is 12.1 Å². The number of methoxy groups -OCH3 is 1. The number of likely N-dealkylation sites (N-methyl/N-ethyl adjacent to an activating group) is 1. The second kappa shape index (κ2) is 5.90. The molecule has 2 nitrogen and oxygen atoms in total. The lowest BCUT2D eigenvalue weighted by atomic mass is 9.96. The van der Waals surface area contributed by atoms with Crippen molar-refractivity contribution in [2.45, 2.75) is 40.2 Å². The molecular formula is C14H23NO. The Morgan fingerprint density at radius 1 is 1.25 bits per heavy atom. The van der Waals surface area contributed by atoms with Gasteiger partial charge in [-0.1, -0.05) is 6.92 Å². The number of rotatable bonds is 5. The standard InChI is InChI=1S/C14H23NO/c1-6-15-12(4)9-14-10(2)7-13(16-5)8-11(14)3/h7-8,12,15H,6,9H2,1-5H3. The van der Waals surface area contributed by atoms with Crippen LogP contribution in [-0.4, -0.2) is 19.7 Å². The number of benzene rings is 1. The van der Waals surface area contributed by atoms with Crippen molar-refractivity contribution in [1.82, 2.24) is 5.32 Å². The van der Waals surface area contributed by atoms with Crippen molar-refractivity contribution in [3.05, 3.63) is 28.8 Å². The van der Waals surface area contributed by atoms with Crippen LogP contribution >= 0.6 is 0 Å². The van der Waals surface area contributed by atoms with Gasteiger partial charge in [-0.15, -0.1) is 0 Å². The second-order valence-corrected chi connectivity index (χ2v) is 4.40. The summed E-state index contributed by atoms with van der Waals surface area (Å²) >= 11 is 0. The monoisotopic (exact) mass is 221 g/mol. The van der Waals surface area contributed by atoms with Crippen LogP contribution in [0.3, 0.4) is 0 Å². The van der Waals surface area contributed by atoms with Gasteiger partial charge in [-0.3, -0.25) is 0 Å². The highest BCUT2D eigenvalue weighted by Gasteiger charge is 2.09. The zero-order chi connectivity index (χ0) is 12.1. The van der Waals surface area contributed by atoms with E-state index < -0.39 is 0 Å². The Bertz CT molecular complexity index is 324. The fraction of sp³-hybridized carbons (Fsp3) is 0.571. The van der Waals surface area contributed by atoms with Gasteiger partial charge in [0.15, 0.2) is 0 Å². The number of nitrogens with one attached hydrogen (secondary N) is 1. The molecule has 0 aliphatic carbocycles. The summed E-state index contributed by atoms with van der Waals surface area (Å²) in [6.45, 7) is 9.71. The fourth-order valence-electron chi connectivity index (χ4n) is 2.12. The number of ether oxygens (including phenoxy) is 1. The summed E-state index contributed by atoms with van der Waals surface area (Å²) in [5.41, 5.74) is 4.08. The normalized spacial score (nSPS) is 12.6. The molecular weight excluding hydrogens is 198 g/mol. The molecule has 1 rings (SSSR count). The third-order valence-electron chi connectivity index (χ3n) is 2.97. The molecule has 0 amide bonds. The van der Waals surface area contributed by atoms with Crippen LogP contribution in [0.25, 0.3) is 0 Å². The molecule has 1 atom stereocenters. The number of aryl methyl sites for hydroxylation is 2. The molecule has 0 saturated heterocycles. The van der Waals surface area contributed by atoms with Crippen LogP contribution in [0.5, 0.6) is 5.75 Å². The van der Waals surface area contributed by atoms with Crippen LogP contribution in [0.1, 0.15) is 30.5 Å². The van der Waals surface area contributed by atoms with Gasteiger partial charge in [0.2, 0.25) is 0 Å². The van der Waals surface area contributed by atoms with E-state index in [1.807, 2.05) is 0 Å². The van der Waals surface area contributed by atoms with E-state index in [2.05, 4.69) is 45.1 Å². The van der Waals surface area contributed by atoms with Gasteiger partial charge in [0.1, 0.15) is 5.75 Å². The molecule has 1 N–H and O–H groups in total. The van der Waals surface area contributed by atoms with E-state index >= 15 is 0 Å². The molecule has 2 heteroatoms. The Labute approximate surface area is 99.0 Å². The largest absolute Gasteiger partial charge is 0.497 e. The predicted molar refractivity (Wildman–Crippen MR) is 69.3 cm³/mol. The summed E-state index contributed by atoms with van der Waals surface area (Å²) in [4.78, 5) is 0. The van der Waals surface area contributed by atoms with Crippen LogP contribution in [0.4, 0.5) is 0 Å². The lowest BCUT2D eigenvalue weighted by Crippen LogP contribution is -2.28. The van der Waals surface area contributed by atoms with Gasteiger partial charge < -0.3 is 10.1 Å². The minimum absolute atomic E-state index is 0.524. The first-order chi connectivity index (χ1) is 7.58. The van der Waals surface area contributed by atoms with Gasteiger partial charge in [0, 0.05) is 6.04 Å². The summed E-state index contributed by atoms with van der Waals surface area (Å²) in [5.74, 6) is 0.954. The van der Waals surface area contributed by atoms with Gasteiger partial charge in [-0.2, -0.15) is 0 Å². The minimum Gasteiger partial charge on any atom is -0.497 e. The zero-order valence-corrected chi connectivity index (χ0v) is 11.1. The van der Waals surface area contributed by atoms with Gasteiger partial charge >= 0.3 is 0 Å². The SMILES string of the molecule is CCNC(C)Cc1c(C)cc(OC)cc1C. The molecule has 0 aliphatic heterocycles. The summed E-state index contributed by atoms with van der Waals surface area (Å²) in [7, 11) is 1.72. The van der Waals surface area contributed by atoms with E-state index in [1.54, 1.807) is 7.11 Å². The quantitative estimate of drug-likeness (QED) is 0.825. The lowest BCUT2D eigenvalue weighted by Gasteiger charge is -2.17. The minimum atomic E-state index is 0.524. The van der Waals surface area contributed by atoms with E-state index in [9.17, 15) is 0 Å². The summed E-state index contributed by atoms with van der Waals surface area (Å²) in [6, 6.07) is 4.75. The second-order valence-electron chi connectivity index (χ2n) is 4.40. The van der Waals surface area contributed by atoms with Crippen LogP contribution in [0, 0.1) is 13.8 Å². The highest BCUT2D eigenvalue weighted by molar-refractivity contribution is 5.41. The van der Waals surface area contributed by atoms with Crippen molar-refractivity contribution in [2.75, 3.05) is 13.7 Å². The average molecular weight is 221 g/mol. The van der Waals surface area contributed by atoms with Gasteiger partial charge in [-0.05, 0) is 62.6 Å². The fourth-order valence-corrected chi connectivity index (χ4v) is 2.12. The van der Waals surface area contributed by atoms with Crippen molar-refractivity contribution in [3.63, 3.8) is 0 Å². The lowest BCUT2D eigenvalue weighted by molar-refractivity contribution is 0.413. The van der Waals surface area contributed by atoms with Crippen molar-refractivity contribution >= 4 is 0 Å². The molecule has 1 aromatic rings. The van der Waals surface area contributed by atoms with Gasteiger partial charge in [-0.25, -0.2) is 0 Å². The predicted octanol–water partition coefficient (Wildman–Crippen LogP) is 2.85. The maximum Gasteiger partial charge on any atom is 0.119 e. The highest BCUT2D eigenvalue weighted by atomic mass is 16.5. The molecule has 0 aromatic heterocycles. The Hall–Kier alpha value is -1.02. The first kappa shape index (κ1) is 13.0. The molecule has 0 heterocycles. The van der Waals surface area contributed by atoms with E-state index in [-0.39, 0.29) is 0 Å². The van der Waals surface area contributed by atoms with Gasteiger partial charge in [0.05, 0.1) is 7.11 Å². The van der Waals surface area contributed by atoms with Crippen molar-refractivity contribution < 1.29 is 4.74 Å². The Balaban J connectivity index is 2.87. The van der Waals surface area contributed by atoms with E-state index in [1.165, 1.54) is 16.7 Å². The number of hydrogen-bond donors (Lipinski definition) is 1. The van der Waals surface area contributed by atoms with Crippen LogP contribution in [-0.2, 0) is 6.42 Å². The van der Waals surface area contributed by atoms with E-state index in [4.69, 9.17) is 4.74 Å². The van der Waals surface area contributed by atoms with Crippen molar-refractivity contribution in [1.29, 1.82) is 0 Å². The van der Waals surface area contributed by atoms with Crippen molar-refractivity contribution in [3.8, 4) is 5.75 Å². The summed E-state index contributed by atoms with van der Waals surface area (Å²) in [6.07, 6.45) is 1.08. The Morgan fingerprint density at radius 2 is 1.81 bits per heavy atom. The average Bonchev–Trinajstić information content (AvgIpc) is 2.23. The van der Waals surface area contributed by atoms with E-state index in [0.29, 0.717) is 6.04 Å². The first-order valence-electron chi connectivity index (χ1n) is 5.96. The molecule has 0 saturated carbocycles. The molecule has 0 fully saturated rings. The van der Waals surface area contributed by atoms with Crippen LogP contribution < -0.4 is 10.1 Å². The summed E-state index contributed by atoms with van der Waals surface area (Å²) in [5, 5.41) is 3.45. The third-order valence-corrected chi connectivity index (χ3v) is 2.97. The maximum atomic E-state index is 5.27. The molecule has 16 heavy (non-hydrogen) atoms. The molecule has 1 unspecified atom stereocenters. The first-order valence-corrected chi connectivity index (χ1v) is 5.96. The molecule has 90 valence electrons. The molecule has 1 aromatic carbocycles. The number of hydrogen-bond acceptors (Lipinski definition) is 2. The smallest absolute Gasteiger partial charge is 0.119 e. The van der Waals surface area contributed by atoms with E-state index in [0.717, 1.165) is 18.7 Å². The van der Waals surface area contributed by atoms with Crippen molar-refractivity contribution in [2.24, 2.45) is 0 Å². The van der Waals surface area contributed by atoms with Crippen LogP contribution in [0.2, 0.25) is 0 Å². The topological polar surface area (TPSA) is 21.3 Å². The maximum absolute atomic E-state index is 5.27. The van der Waals surface area contributed by atoms with Gasteiger partial charge in [0.25, 0.3) is 0 Å². The highest BCUT2D eigenvalue weighted by Crippen LogP contribution is 2.22. The zero-order valence-electron chi connectivity index (χ0n) is 11.1. The molecule has 0 aliphatic rings. The Kier molecular flexibility index (Phi) is 4.81. The molecule has 0 spiro atoms. The molecule has 0 bridgehead atoms.